The third-order valence-electron chi connectivity index (χ3n) is 14.0. The van der Waals surface area contributed by atoms with Crippen molar-refractivity contribution in [3.8, 4) is 0 Å². The van der Waals surface area contributed by atoms with Crippen LogP contribution in [0.3, 0.4) is 0 Å². The second-order valence-corrected chi connectivity index (χ2v) is 11.9. The molecule has 0 nitrogen and oxygen atoms in total. The second-order valence-electron chi connectivity index (χ2n) is 11.9. The van der Waals surface area contributed by atoms with Gasteiger partial charge < -0.3 is 0 Å². The van der Waals surface area contributed by atoms with Crippen molar-refractivity contribution in [1.82, 2.24) is 0 Å². The fourth-order valence-electron chi connectivity index (χ4n) is 15.4. The molecule has 0 saturated heterocycles. The van der Waals surface area contributed by atoms with Crippen molar-refractivity contribution in [2.24, 2.45) is 73.9 Å². The molecule has 3 spiro atoms. The molecule has 0 amide bonds. The van der Waals surface area contributed by atoms with Crippen LogP contribution in [0.2, 0.25) is 0 Å². The quantitative estimate of drug-likeness (QED) is 0.618. The molecule has 13 unspecified atom stereocenters. The van der Waals surface area contributed by atoms with Crippen LogP contribution in [0.25, 0.3) is 0 Å². The van der Waals surface area contributed by atoms with E-state index in [-0.39, 0.29) is 0 Å². The number of hydrogen-bond donors (Lipinski definition) is 0. The highest BCUT2D eigenvalue weighted by Crippen LogP contribution is 3.20. The Morgan fingerprint density at radius 2 is 1.76 bits per heavy atom. The van der Waals surface area contributed by atoms with Gasteiger partial charge in [-0.1, -0.05) is 20.8 Å². The zero-order valence-corrected chi connectivity index (χ0v) is 13.6. The van der Waals surface area contributed by atoms with Gasteiger partial charge in [0.15, 0.2) is 0 Å². The summed E-state index contributed by atoms with van der Waals surface area (Å²) in [7, 11) is 0. The van der Waals surface area contributed by atoms with Gasteiger partial charge >= 0.3 is 0 Å². The maximum absolute atomic E-state index is 2.84. The minimum atomic E-state index is 0.787. The maximum atomic E-state index is 2.84. The molecule has 0 heteroatoms. The van der Waals surface area contributed by atoms with Crippen LogP contribution in [0.15, 0.2) is 0 Å². The van der Waals surface area contributed by atoms with Crippen molar-refractivity contribution in [3.05, 3.63) is 0 Å². The maximum Gasteiger partial charge on any atom is -0.00791 e. The first-order valence-electron chi connectivity index (χ1n) is 10.0. The Bertz CT molecular complexity index is 738. The molecule has 9 saturated carbocycles. The van der Waals surface area contributed by atoms with E-state index in [4.69, 9.17) is 0 Å². The Morgan fingerprint density at radius 1 is 0.905 bits per heavy atom. The molecule has 0 aliphatic heterocycles. The topological polar surface area (TPSA) is 0 Å². The average molecular weight is 278 g/mol. The summed E-state index contributed by atoms with van der Waals surface area (Å²) in [6.07, 6.45) is 8.36. The van der Waals surface area contributed by atoms with Gasteiger partial charge in [-0.25, -0.2) is 0 Å². The van der Waals surface area contributed by atoms with Crippen LogP contribution in [0.5, 0.6) is 0 Å². The molecule has 9 fully saturated rings. The van der Waals surface area contributed by atoms with Crippen LogP contribution in [0, 0.1) is 73.9 Å². The summed E-state index contributed by atoms with van der Waals surface area (Å²) < 4.78 is 0. The Balaban J connectivity index is 1.55. The molecule has 110 valence electrons. The summed E-state index contributed by atoms with van der Waals surface area (Å²) >= 11 is 0. The SMILES string of the molecule is CC12C3CC4C5CCC67CC8CC3C1C81C6C(C)(C57C)C421. The Morgan fingerprint density at radius 3 is 2.62 bits per heavy atom. The second kappa shape index (κ2) is 1.88. The molecule has 0 aromatic rings. The van der Waals surface area contributed by atoms with Crippen LogP contribution < -0.4 is 0 Å². The molecule has 13 atom stereocenters. The number of fused-ring (bicyclic) bond motifs is 2. The third-order valence-corrected chi connectivity index (χ3v) is 14.0. The average Bonchev–Trinajstić information content (AvgIpc) is 2.94. The first-order chi connectivity index (χ1) is 10.0. The first kappa shape index (κ1) is 9.99. The van der Waals surface area contributed by atoms with Crippen molar-refractivity contribution < 1.29 is 0 Å². The fourth-order valence-corrected chi connectivity index (χ4v) is 15.4. The lowest BCUT2D eigenvalue weighted by Crippen LogP contribution is -2.97. The van der Waals surface area contributed by atoms with Crippen molar-refractivity contribution in [2.45, 2.75) is 52.9 Å². The summed E-state index contributed by atoms with van der Waals surface area (Å²) in [6.45, 7) is 8.48. The monoisotopic (exact) mass is 278 g/mol. The standard InChI is InChI=1S/C21H26/c1-16-12-7-13-11-4-5-19-8-9-6-10(12)14(16)20(9)15(19)18(3,17(11,19)2)21(13,16)20/h9-15H,4-8H2,1-3H3. The molecule has 0 aromatic heterocycles. The van der Waals surface area contributed by atoms with Gasteiger partial charge in [0.05, 0.1) is 0 Å². The minimum absolute atomic E-state index is 0.787. The normalized spacial score (nSPS) is 97.0. The minimum Gasteiger partial charge on any atom is -0.0585 e. The third kappa shape index (κ3) is 0.383. The summed E-state index contributed by atoms with van der Waals surface area (Å²) in [6, 6.07) is 0. The van der Waals surface area contributed by atoms with Gasteiger partial charge in [-0.05, 0) is 106 Å². The molecule has 21 heavy (non-hydrogen) atoms. The summed E-state index contributed by atoms with van der Waals surface area (Å²) in [5.41, 5.74) is 5.11. The van der Waals surface area contributed by atoms with Crippen molar-refractivity contribution in [3.63, 3.8) is 0 Å². The van der Waals surface area contributed by atoms with E-state index in [9.17, 15) is 0 Å². The van der Waals surface area contributed by atoms with Gasteiger partial charge in [0.2, 0.25) is 0 Å². The molecule has 9 aliphatic rings. The zero-order valence-electron chi connectivity index (χ0n) is 13.6. The Kier molecular flexibility index (Phi) is 0.893. The highest BCUT2D eigenvalue weighted by molar-refractivity contribution is 5.62. The van der Waals surface area contributed by atoms with E-state index in [1.54, 1.807) is 32.1 Å². The van der Waals surface area contributed by atoms with Crippen LogP contribution in [-0.4, -0.2) is 0 Å². The van der Waals surface area contributed by atoms with Crippen LogP contribution >= 0.6 is 0 Å². The van der Waals surface area contributed by atoms with Gasteiger partial charge in [-0.2, -0.15) is 0 Å². The summed E-state index contributed by atoms with van der Waals surface area (Å²) in [5, 5.41) is 0. The van der Waals surface area contributed by atoms with Crippen LogP contribution in [0.4, 0.5) is 0 Å². The fraction of sp³-hybridized carbons (Fsp3) is 1.00. The molecule has 0 N–H and O–H groups in total. The molecule has 0 aromatic carbocycles. The predicted octanol–water partition coefficient (Wildman–Crippen LogP) is 4.35. The number of rotatable bonds is 0. The van der Waals surface area contributed by atoms with Gasteiger partial charge in [-0.3, -0.25) is 0 Å². The van der Waals surface area contributed by atoms with E-state index in [1.165, 1.54) is 35.5 Å². The number of hydrogen-bond acceptors (Lipinski definition) is 0. The van der Waals surface area contributed by atoms with Crippen molar-refractivity contribution in [2.75, 3.05) is 0 Å². The van der Waals surface area contributed by atoms with Crippen molar-refractivity contribution >= 4 is 0 Å². The highest BCUT2D eigenvalue weighted by atomic mass is 15.2. The lowest BCUT2D eigenvalue weighted by Gasteiger charge is -2.99. The molecule has 9 aliphatic carbocycles. The Labute approximate surface area is 127 Å². The van der Waals surface area contributed by atoms with E-state index in [0.717, 1.165) is 38.4 Å². The van der Waals surface area contributed by atoms with Gasteiger partial charge in [0, 0.05) is 0 Å². The molecular weight excluding hydrogens is 252 g/mol. The van der Waals surface area contributed by atoms with E-state index < -0.39 is 0 Å². The molecule has 0 bridgehead atoms. The van der Waals surface area contributed by atoms with E-state index >= 15 is 0 Å². The van der Waals surface area contributed by atoms with E-state index in [1.807, 2.05) is 0 Å². The smallest absolute Gasteiger partial charge is 0.00791 e. The predicted molar refractivity (Wildman–Crippen MR) is 79.1 cm³/mol. The van der Waals surface area contributed by atoms with Crippen LogP contribution in [0.1, 0.15) is 52.9 Å². The Hall–Kier alpha value is 0. The molecule has 0 radical (unpaired) electrons. The lowest BCUT2D eigenvalue weighted by atomic mass is 9.04. The first-order valence-corrected chi connectivity index (χ1v) is 10.0. The van der Waals surface area contributed by atoms with Gasteiger partial charge in [0.25, 0.3) is 0 Å². The van der Waals surface area contributed by atoms with Gasteiger partial charge in [0.1, 0.15) is 0 Å². The largest absolute Gasteiger partial charge is 0.0585 e. The van der Waals surface area contributed by atoms with Gasteiger partial charge in [-0.15, -0.1) is 0 Å². The van der Waals surface area contributed by atoms with E-state index in [2.05, 4.69) is 20.8 Å². The molecule has 9 rings (SSSR count). The molecular formula is C21H26. The van der Waals surface area contributed by atoms with E-state index in [0.29, 0.717) is 0 Å². The highest BCUT2D eigenvalue weighted by Gasteiger charge is 3.16. The molecule has 0 heterocycles. The zero-order chi connectivity index (χ0) is 13.6. The van der Waals surface area contributed by atoms with Crippen molar-refractivity contribution in [1.29, 1.82) is 0 Å². The lowest BCUT2D eigenvalue weighted by molar-refractivity contribution is -0.538. The summed E-state index contributed by atoms with van der Waals surface area (Å²) in [5.74, 6) is 8.38. The summed E-state index contributed by atoms with van der Waals surface area (Å²) in [4.78, 5) is 0. The van der Waals surface area contributed by atoms with Crippen LogP contribution in [-0.2, 0) is 0 Å².